The van der Waals surface area contributed by atoms with Crippen molar-refractivity contribution in [2.45, 2.75) is 25.4 Å². The summed E-state index contributed by atoms with van der Waals surface area (Å²) in [4.78, 5) is 29.2. The standard InChI is InChI=1S/C28H27NO7S/c1-33-21-13-18(14-22(34-2)27(21)35-3)24-23(26(31)28(32)29(24)15-19-7-5-11-37-19)25(30)17-8-9-20-16(12-17)6-4-10-36-20/h5,7-9,11-14,24,30H,4,6,10,15H2,1-3H3/b25-23+. The Bertz CT molecular complexity index is 1350. The quantitative estimate of drug-likeness (QED) is 0.273. The van der Waals surface area contributed by atoms with E-state index in [4.69, 9.17) is 18.9 Å². The van der Waals surface area contributed by atoms with E-state index in [1.54, 1.807) is 24.3 Å². The van der Waals surface area contributed by atoms with E-state index in [0.717, 1.165) is 29.0 Å². The van der Waals surface area contributed by atoms with Crippen LogP contribution in [0, 0.1) is 0 Å². The fourth-order valence-electron chi connectivity index (χ4n) is 4.88. The first-order valence-electron chi connectivity index (χ1n) is 11.8. The van der Waals surface area contributed by atoms with Gasteiger partial charge in [0.05, 0.1) is 46.1 Å². The molecule has 192 valence electrons. The summed E-state index contributed by atoms with van der Waals surface area (Å²) in [7, 11) is 4.50. The van der Waals surface area contributed by atoms with Crippen molar-refractivity contribution in [2.24, 2.45) is 0 Å². The Morgan fingerprint density at radius 3 is 2.49 bits per heavy atom. The second-order valence-corrected chi connectivity index (χ2v) is 9.77. The first-order valence-corrected chi connectivity index (χ1v) is 12.7. The van der Waals surface area contributed by atoms with Crippen LogP contribution in [-0.4, -0.2) is 49.6 Å². The number of methoxy groups -OCH3 is 3. The van der Waals surface area contributed by atoms with Crippen molar-refractivity contribution >= 4 is 28.8 Å². The Morgan fingerprint density at radius 2 is 1.84 bits per heavy atom. The minimum Gasteiger partial charge on any atom is -0.507 e. The zero-order valence-electron chi connectivity index (χ0n) is 20.8. The number of Topliss-reactive ketones (excluding diaryl/α,β-unsaturated/α-hetero) is 1. The number of ketones is 1. The van der Waals surface area contributed by atoms with Crippen molar-refractivity contribution in [1.29, 1.82) is 0 Å². The second kappa shape index (κ2) is 10.2. The highest BCUT2D eigenvalue weighted by atomic mass is 32.1. The van der Waals surface area contributed by atoms with Crippen LogP contribution in [-0.2, 0) is 22.6 Å². The van der Waals surface area contributed by atoms with Crippen LogP contribution in [0.1, 0.15) is 34.0 Å². The van der Waals surface area contributed by atoms with Crippen molar-refractivity contribution in [3.63, 3.8) is 0 Å². The summed E-state index contributed by atoms with van der Waals surface area (Å²) in [5.41, 5.74) is 1.96. The molecule has 9 heteroatoms. The van der Waals surface area contributed by atoms with Gasteiger partial charge in [0.1, 0.15) is 11.5 Å². The molecule has 1 aromatic heterocycles. The third kappa shape index (κ3) is 4.40. The third-order valence-electron chi connectivity index (χ3n) is 6.63. The summed E-state index contributed by atoms with van der Waals surface area (Å²) in [5, 5.41) is 13.4. The van der Waals surface area contributed by atoms with Gasteiger partial charge in [0.15, 0.2) is 11.5 Å². The van der Waals surface area contributed by atoms with Gasteiger partial charge in [0, 0.05) is 10.4 Å². The summed E-state index contributed by atoms with van der Waals surface area (Å²) in [6.45, 7) is 0.853. The van der Waals surface area contributed by atoms with E-state index in [1.165, 1.54) is 37.6 Å². The molecule has 37 heavy (non-hydrogen) atoms. The fourth-order valence-corrected chi connectivity index (χ4v) is 5.59. The van der Waals surface area contributed by atoms with Crippen molar-refractivity contribution in [1.82, 2.24) is 4.90 Å². The van der Waals surface area contributed by atoms with Crippen molar-refractivity contribution in [3.8, 4) is 23.0 Å². The Kier molecular flexibility index (Phi) is 6.80. The summed E-state index contributed by atoms with van der Waals surface area (Å²) in [6.07, 6.45) is 1.67. The van der Waals surface area contributed by atoms with E-state index in [2.05, 4.69) is 0 Å². The molecule has 1 N–H and O–H groups in total. The normalized spacial score (nSPS) is 18.4. The highest BCUT2D eigenvalue weighted by Crippen LogP contribution is 2.46. The van der Waals surface area contributed by atoms with Gasteiger partial charge in [0.25, 0.3) is 11.7 Å². The molecule has 0 radical (unpaired) electrons. The molecule has 1 unspecified atom stereocenters. The lowest BCUT2D eigenvalue weighted by Gasteiger charge is -2.26. The maximum atomic E-state index is 13.4. The molecule has 0 spiro atoms. The summed E-state index contributed by atoms with van der Waals surface area (Å²) in [6, 6.07) is 11.6. The van der Waals surface area contributed by atoms with Crippen LogP contribution in [0.3, 0.4) is 0 Å². The second-order valence-electron chi connectivity index (χ2n) is 8.74. The van der Waals surface area contributed by atoms with Gasteiger partial charge in [-0.05, 0) is 65.7 Å². The molecule has 1 atom stereocenters. The molecule has 5 rings (SSSR count). The predicted octanol–water partition coefficient (Wildman–Crippen LogP) is 4.72. The van der Waals surface area contributed by atoms with Gasteiger partial charge in [-0.3, -0.25) is 9.59 Å². The van der Waals surface area contributed by atoms with Gasteiger partial charge in [-0.1, -0.05) is 6.07 Å². The molecule has 2 aromatic carbocycles. The Labute approximate surface area is 218 Å². The van der Waals surface area contributed by atoms with Crippen LogP contribution < -0.4 is 18.9 Å². The summed E-state index contributed by atoms with van der Waals surface area (Å²) >= 11 is 1.49. The van der Waals surface area contributed by atoms with Crippen LogP contribution in [0.5, 0.6) is 23.0 Å². The molecule has 1 amide bonds. The van der Waals surface area contributed by atoms with Gasteiger partial charge in [-0.2, -0.15) is 0 Å². The van der Waals surface area contributed by atoms with Crippen molar-refractivity contribution < 1.29 is 33.6 Å². The third-order valence-corrected chi connectivity index (χ3v) is 7.49. The smallest absolute Gasteiger partial charge is 0.295 e. The number of rotatable bonds is 7. The van der Waals surface area contributed by atoms with E-state index in [1.807, 2.05) is 23.6 Å². The first kappa shape index (κ1) is 24.7. The maximum Gasteiger partial charge on any atom is 0.295 e. The Morgan fingerprint density at radius 1 is 1.08 bits per heavy atom. The number of hydrogen-bond donors (Lipinski definition) is 1. The Balaban J connectivity index is 1.69. The molecule has 1 saturated heterocycles. The monoisotopic (exact) mass is 521 g/mol. The number of carbonyl (C=O) groups is 2. The number of thiophene rings is 1. The minimum absolute atomic E-state index is 0.00695. The van der Waals surface area contributed by atoms with E-state index in [-0.39, 0.29) is 17.9 Å². The van der Waals surface area contributed by atoms with Gasteiger partial charge in [-0.15, -0.1) is 11.3 Å². The number of carbonyl (C=O) groups excluding carboxylic acids is 2. The summed E-state index contributed by atoms with van der Waals surface area (Å²) in [5.74, 6) is 0.241. The van der Waals surface area contributed by atoms with Gasteiger partial charge < -0.3 is 29.0 Å². The molecule has 0 bridgehead atoms. The lowest BCUT2D eigenvalue weighted by atomic mass is 9.93. The number of ether oxygens (including phenoxy) is 4. The molecule has 2 aliphatic rings. The largest absolute Gasteiger partial charge is 0.507 e. The molecular weight excluding hydrogens is 494 g/mol. The Hall–Kier alpha value is -3.98. The lowest BCUT2D eigenvalue weighted by molar-refractivity contribution is -0.140. The first-order chi connectivity index (χ1) is 18.0. The van der Waals surface area contributed by atoms with E-state index in [0.29, 0.717) is 35.0 Å². The number of likely N-dealkylation sites (tertiary alicyclic amines) is 1. The van der Waals surface area contributed by atoms with Gasteiger partial charge in [-0.25, -0.2) is 0 Å². The number of amides is 1. The molecular formula is C28H27NO7S. The maximum absolute atomic E-state index is 13.4. The molecule has 2 aliphatic heterocycles. The predicted molar refractivity (Wildman–Crippen MR) is 139 cm³/mol. The highest BCUT2D eigenvalue weighted by molar-refractivity contribution is 7.09. The van der Waals surface area contributed by atoms with Crippen molar-refractivity contribution in [2.75, 3.05) is 27.9 Å². The van der Waals surface area contributed by atoms with Crippen LogP contribution >= 0.6 is 11.3 Å². The van der Waals surface area contributed by atoms with Crippen LogP contribution in [0.25, 0.3) is 5.76 Å². The molecule has 0 saturated carbocycles. The zero-order chi connectivity index (χ0) is 26.1. The number of hydrogen-bond acceptors (Lipinski definition) is 8. The average Bonchev–Trinajstić information content (AvgIpc) is 3.53. The van der Waals surface area contributed by atoms with Crippen LogP contribution in [0.2, 0.25) is 0 Å². The lowest BCUT2D eigenvalue weighted by Crippen LogP contribution is -2.29. The SMILES string of the molecule is COc1cc(C2/C(=C(\O)c3ccc4c(c3)CCCO4)C(=O)C(=O)N2Cc2cccs2)cc(OC)c1OC. The number of benzene rings is 2. The van der Waals surface area contributed by atoms with E-state index >= 15 is 0 Å². The van der Waals surface area contributed by atoms with Gasteiger partial charge in [0.2, 0.25) is 5.75 Å². The fraction of sp³-hybridized carbons (Fsp3) is 0.286. The highest BCUT2D eigenvalue weighted by Gasteiger charge is 2.46. The zero-order valence-corrected chi connectivity index (χ0v) is 21.6. The number of nitrogens with zero attached hydrogens (tertiary/aromatic N) is 1. The number of aliphatic hydroxyl groups excluding tert-OH is 1. The molecule has 1 fully saturated rings. The molecule has 3 heterocycles. The average molecular weight is 522 g/mol. The van der Waals surface area contributed by atoms with Crippen LogP contribution in [0.15, 0.2) is 53.4 Å². The van der Waals surface area contributed by atoms with E-state index in [9.17, 15) is 14.7 Å². The van der Waals surface area contributed by atoms with Gasteiger partial charge >= 0.3 is 0 Å². The number of aliphatic hydroxyl groups is 1. The minimum atomic E-state index is -0.872. The molecule has 8 nitrogen and oxygen atoms in total. The topological polar surface area (TPSA) is 94.5 Å². The van der Waals surface area contributed by atoms with Crippen LogP contribution in [0.4, 0.5) is 0 Å². The molecule has 0 aliphatic carbocycles. The summed E-state index contributed by atoms with van der Waals surface area (Å²) < 4.78 is 22.2. The van der Waals surface area contributed by atoms with E-state index < -0.39 is 17.7 Å². The number of fused-ring (bicyclic) bond motifs is 1. The number of aryl methyl sites for hydroxylation is 1. The van der Waals surface area contributed by atoms with Crippen molar-refractivity contribution in [3.05, 3.63) is 75.0 Å². The molecule has 3 aromatic rings.